The molecule has 0 bridgehead atoms. The number of anilines is 1. The number of pyridine rings is 1. The van der Waals surface area contributed by atoms with Crippen LogP contribution in [-0.4, -0.2) is 34.6 Å². The number of aromatic nitrogens is 1. The topological polar surface area (TPSA) is 115 Å². The van der Waals surface area contributed by atoms with E-state index < -0.39 is 10.9 Å². The number of methoxy groups -OCH3 is 1. The third kappa shape index (κ3) is 5.64. The average molecular weight is 297 g/mol. The van der Waals surface area contributed by atoms with Gasteiger partial charge in [-0.05, 0) is 18.8 Å². The Morgan fingerprint density at radius 1 is 1.52 bits per heavy atom. The first-order valence-electron chi connectivity index (χ1n) is 6.59. The van der Waals surface area contributed by atoms with E-state index in [1.54, 1.807) is 0 Å². The van der Waals surface area contributed by atoms with E-state index in [1.165, 1.54) is 19.2 Å². The third-order valence-corrected chi connectivity index (χ3v) is 3.03. The minimum atomic E-state index is -0.820. The number of ether oxygens (including phenoxy) is 1. The molecule has 1 rings (SSSR count). The highest BCUT2D eigenvalue weighted by Gasteiger charge is 2.16. The molecule has 0 amide bonds. The smallest absolute Gasteiger partial charge is 0.311 e. The van der Waals surface area contributed by atoms with Crippen molar-refractivity contribution in [3.8, 4) is 5.88 Å². The second-order valence-electron chi connectivity index (χ2n) is 4.73. The van der Waals surface area contributed by atoms with Crippen LogP contribution in [0.3, 0.4) is 0 Å². The van der Waals surface area contributed by atoms with Gasteiger partial charge >= 0.3 is 11.7 Å². The molecule has 1 unspecified atom stereocenters. The Morgan fingerprint density at radius 2 is 2.24 bits per heavy atom. The van der Waals surface area contributed by atoms with Gasteiger partial charge in [0.05, 0.1) is 12.0 Å². The van der Waals surface area contributed by atoms with E-state index in [4.69, 9.17) is 9.84 Å². The summed E-state index contributed by atoms with van der Waals surface area (Å²) in [5, 5.41) is 22.4. The van der Waals surface area contributed by atoms with E-state index in [0.29, 0.717) is 25.3 Å². The van der Waals surface area contributed by atoms with Gasteiger partial charge in [-0.1, -0.05) is 6.92 Å². The molecular formula is C13H19N3O5. The van der Waals surface area contributed by atoms with Crippen molar-refractivity contribution < 1.29 is 19.6 Å². The highest BCUT2D eigenvalue weighted by molar-refractivity contribution is 5.66. The van der Waals surface area contributed by atoms with Gasteiger partial charge < -0.3 is 15.2 Å². The number of carboxylic acid groups (broad SMARTS) is 1. The van der Waals surface area contributed by atoms with E-state index in [-0.39, 0.29) is 23.8 Å². The molecule has 0 aliphatic heterocycles. The summed E-state index contributed by atoms with van der Waals surface area (Å²) in [5.41, 5.74) is -0.117. The van der Waals surface area contributed by atoms with Gasteiger partial charge in [0.15, 0.2) is 0 Å². The molecule has 8 nitrogen and oxygen atoms in total. The van der Waals surface area contributed by atoms with Crippen molar-refractivity contribution in [2.45, 2.75) is 26.2 Å². The van der Waals surface area contributed by atoms with Gasteiger partial charge in [-0.15, -0.1) is 0 Å². The van der Waals surface area contributed by atoms with Crippen molar-refractivity contribution in [3.63, 3.8) is 0 Å². The zero-order valence-electron chi connectivity index (χ0n) is 12.0. The normalized spacial score (nSPS) is 11.7. The fourth-order valence-corrected chi connectivity index (χ4v) is 1.78. The first-order valence-corrected chi connectivity index (χ1v) is 6.59. The predicted molar refractivity (Wildman–Crippen MR) is 76.6 cm³/mol. The van der Waals surface area contributed by atoms with Gasteiger partial charge in [0, 0.05) is 25.1 Å². The van der Waals surface area contributed by atoms with Crippen molar-refractivity contribution >= 4 is 17.5 Å². The number of nitro groups is 1. The Kier molecular flexibility index (Phi) is 6.38. The fraction of sp³-hybridized carbons (Fsp3) is 0.538. The van der Waals surface area contributed by atoms with Crippen LogP contribution < -0.4 is 10.1 Å². The molecule has 0 saturated carbocycles. The molecule has 1 aromatic rings. The molecule has 0 aliphatic rings. The molecule has 0 radical (unpaired) electrons. The maximum atomic E-state index is 10.9. The van der Waals surface area contributed by atoms with Crippen molar-refractivity contribution in [3.05, 3.63) is 22.2 Å². The Hall–Kier alpha value is -2.38. The summed E-state index contributed by atoms with van der Waals surface area (Å²) in [6.07, 6.45) is 1.40. The molecule has 0 fully saturated rings. The predicted octanol–water partition coefficient (Wildman–Crippen LogP) is 2.30. The van der Waals surface area contributed by atoms with Crippen molar-refractivity contribution in [1.29, 1.82) is 0 Å². The second kappa shape index (κ2) is 8.03. The number of nitrogens with one attached hydrogen (secondary N) is 1. The number of hydrogen-bond donors (Lipinski definition) is 2. The van der Waals surface area contributed by atoms with Crippen LogP contribution in [0.2, 0.25) is 0 Å². The van der Waals surface area contributed by atoms with Crippen LogP contribution in [0.5, 0.6) is 5.88 Å². The monoisotopic (exact) mass is 297 g/mol. The lowest BCUT2D eigenvalue weighted by Crippen LogP contribution is -2.11. The summed E-state index contributed by atoms with van der Waals surface area (Å²) < 4.78 is 4.94. The molecule has 1 atom stereocenters. The lowest BCUT2D eigenvalue weighted by atomic mass is 10.0. The minimum Gasteiger partial charge on any atom is -0.481 e. The van der Waals surface area contributed by atoms with Crippen LogP contribution in [-0.2, 0) is 4.79 Å². The molecule has 116 valence electrons. The highest BCUT2D eigenvalue weighted by Crippen LogP contribution is 2.25. The second-order valence-corrected chi connectivity index (χ2v) is 4.73. The largest absolute Gasteiger partial charge is 0.481 e. The number of rotatable bonds is 9. The molecule has 21 heavy (non-hydrogen) atoms. The molecule has 8 heteroatoms. The maximum absolute atomic E-state index is 10.9. The number of aliphatic carboxylic acids is 1. The first kappa shape index (κ1) is 16.7. The first-order chi connectivity index (χ1) is 9.93. The van der Waals surface area contributed by atoms with Gasteiger partial charge in [-0.2, -0.15) is 4.98 Å². The Labute approximate surface area is 122 Å². The van der Waals surface area contributed by atoms with Crippen LogP contribution in [0, 0.1) is 16.0 Å². The average Bonchev–Trinajstić information content (AvgIpc) is 2.44. The van der Waals surface area contributed by atoms with Crippen LogP contribution in [0.4, 0.5) is 11.5 Å². The molecule has 0 aliphatic carbocycles. The summed E-state index contributed by atoms with van der Waals surface area (Å²) in [4.78, 5) is 24.9. The summed E-state index contributed by atoms with van der Waals surface area (Å²) in [5.74, 6) is -0.162. The van der Waals surface area contributed by atoms with Crippen LogP contribution in [0.1, 0.15) is 26.2 Å². The van der Waals surface area contributed by atoms with Gasteiger partial charge in [0.25, 0.3) is 0 Å². The number of carboxylic acids is 1. The van der Waals surface area contributed by atoms with E-state index >= 15 is 0 Å². The summed E-state index contributed by atoms with van der Waals surface area (Å²) >= 11 is 0. The quantitative estimate of drug-likeness (QED) is 0.530. The van der Waals surface area contributed by atoms with Crippen molar-refractivity contribution in [2.24, 2.45) is 5.92 Å². The molecule has 1 aromatic heterocycles. The van der Waals surface area contributed by atoms with E-state index in [2.05, 4.69) is 10.3 Å². The third-order valence-electron chi connectivity index (χ3n) is 3.03. The molecule has 0 aromatic carbocycles. The fourth-order valence-electron chi connectivity index (χ4n) is 1.78. The lowest BCUT2D eigenvalue weighted by Gasteiger charge is -2.11. The zero-order chi connectivity index (χ0) is 15.8. The molecule has 0 spiro atoms. The molecule has 2 N–H and O–H groups in total. The lowest BCUT2D eigenvalue weighted by molar-refractivity contribution is -0.384. The molecule has 1 heterocycles. The standard InChI is InChI=1S/C13H19N3O5/c1-9(3-6-12(17)18)7-8-14-13-10(16(19)20)4-5-11(15-13)21-2/h4-5,9H,3,6-8H2,1-2H3,(H,14,15)(H,17,18). The van der Waals surface area contributed by atoms with Gasteiger partial charge in [-0.3, -0.25) is 14.9 Å². The Balaban J connectivity index is 2.57. The van der Waals surface area contributed by atoms with Crippen LogP contribution >= 0.6 is 0 Å². The highest BCUT2D eigenvalue weighted by atomic mass is 16.6. The Bertz CT molecular complexity index is 507. The van der Waals surface area contributed by atoms with Crippen molar-refractivity contribution in [1.82, 2.24) is 4.98 Å². The minimum absolute atomic E-state index is 0.117. The number of nitrogens with zero attached hydrogens (tertiary/aromatic N) is 2. The van der Waals surface area contributed by atoms with E-state index in [0.717, 1.165) is 0 Å². The number of hydrogen-bond acceptors (Lipinski definition) is 6. The van der Waals surface area contributed by atoms with E-state index in [1.807, 2.05) is 6.92 Å². The van der Waals surface area contributed by atoms with E-state index in [9.17, 15) is 14.9 Å². The SMILES string of the molecule is COc1ccc([N+](=O)[O-])c(NCCC(C)CCC(=O)O)n1. The molecule has 0 saturated heterocycles. The van der Waals surface area contributed by atoms with Gasteiger partial charge in [0.2, 0.25) is 11.7 Å². The van der Waals surface area contributed by atoms with Gasteiger partial charge in [0.1, 0.15) is 0 Å². The molecular weight excluding hydrogens is 278 g/mol. The van der Waals surface area contributed by atoms with Crippen molar-refractivity contribution in [2.75, 3.05) is 19.0 Å². The summed E-state index contributed by atoms with van der Waals surface area (Å²) in [6.45, 7) is 2.42. The zero-order valence-corrected chi connectivity index (χ0v) is 12.0. The maximum Gasteiger partial charge on any atom is 0.311 e. The summed E-state index contributed by atoms with van der Waals surface area (Å²) in [6, 6.07) is 2.76. The van der Waals surface area contributed by atoms with Crippen LogP contribution in [0.25, 0.3) is 0 Å². The summed E-state index contributed by atoms with van der Waals surface area (Å²) in [7, 11) is 1.44. The van der Waals surface area contributed by atoms with Gasteiger partial charge in [-0.25, -0.2) is 0 Å². The van der Waals surface area contributed by atoms with Crippen LogP contribution in [0.15, 0.2) is 12.1 Å². The number of carbonyl (C=O) groups is 1. The Morgan fingerprint density at radius 3 is 2.81 bits per heavy atom.